The first-order chi connectivity index (χ1) is 13.2. The molecule has 1 aliphatic rings. The molecule has 0 unspecified atom stereocenters. The van der Waals surface area contributed by atoms with E-state index in [0.717, 1.165) is 13.1 Å². The van der Waals surface area contributed by atoms with Crippen LogP contribution < -0.4 is 15.0 Å². The molecular weight excluding hydrogens is 344 g/mol. The highest BCUT2D eigenvalue weighted by Crippen LogP contribution is 2.24. The molecule has 0 atom stereocenters. The van der Waals surface area contributed by atoms with Crippen molar-refractivity contribution in [3.8, 4) is 17.2 Å². The summed E-state index contributed by atoms with van der Waals surface area (Å²) in [5.74, 6) is 0.417. The van der Waals surface area contributed by atoms with Crippen LogP contribution >= 0.6 is 0 Å². The van der Waals surface area contributed by atoms with Crippen LogP contribution in [0.3, 0.4) is 0 Å². The normalized spacial score (nSPS) is 13.6. The molecule has 7 heteroatoms. The largest absolute Gasteiger partial charge is 0.497 e. The van der Waals surface area contributed by atoms with Crippen molar-refractivity contribution in [2.45, 2.75) is 12.8 Å². The highest BCUT2D eigenvalue weighted by Gasteiger charge is 2.17. The third kappa shape index (κ3) is 3.76. The van der Waals surface area contributed by atoms with E-state index in [0.29, 0.717) is 17.0 Å². The Hall–Kier alpha value is -3.35. The lowest BCUT2D eigenvalue weighted by atomic mass is 10.2. The molecule has 2 aromatic carbocycles. The van der Waals surface area contributed by atoms with Gasteiger partial charge in [-0.2, -0.15) is 0 Å². The topological polar surface area (TPSA) is 80.5 Å². The third-order valence-electron chi connectivity index (χ3n) is 4.53. The van der Waals surface area contributed by atoms with E-state index in [1.54, 1.807) is 13.2 Å². The summed E-state index contributed by atoms with van der Waals surface area (Å²) >= 11 is 0. The Bertz CT molecular complexity index is 930. The SMILES string of the molecule is COc1cccc(-c2nnc(C(=O)Nc3ccc(N4CCCC4)cc3)o2)c1. The molecule has 27 heavy (non-hydrogen) atoms. The number of amides is 1. The minimum Gasteiger partial charge on any atom is -0.497 e. The summed E-state index contributed by atoms with van der Waals surface area (Å²) in [5, 5.41) is 10.6. The Morgan fingerprint density at radius 1 is 1.11 bits per heavy atom. The smallest absolute Gasteiger partial charge is 0.313 e. The maximum absolute atomic E-state index is 12.4. The second kappa shape index (κ2) is 7.49. The summed E-state index contributed by atoms with van der Waals surface area (Å²) in [6.45, 7) is 2.17. The van der Waals surface area contributed by atoms with Gasteiger partial charge in [-0.3, -0.25) is 4.79 Å². The van der Waals surface area contributed by atoms with Gasteiger partial charge in [0.05, 0.1) is 7.11 Å². The first kappa shape index (κ1) is 17.1. The van der Waals surface area contributed by atoms with Crippen LogP contribution in [0.1, 0.15) is 23.5 Å². The van der Waals surface area contributed by atoms with Crippen LogP contribution in [0.2, 0.25) is 0 Å². The summed E-state index contributed by atoms with van der Waals surface area (Å²) in [6, 6.07) is 15.0. The molecule has 1 aliphatic heterocycles. The van der Waals surface area contributed by atoms with Crippen molar-refractivity contribution in [3.63, 3.8) is 0 Å². The molecule has 3 aromatic rings. The Balaban J connectivity index is 1.44. The molecule has 0 saturated carbocycles. The molecule has 2 heterocycles. The van der Waals surface area contributed by atoms with Crippen molar-refractivity contribution in [3.05, 3.63) is 54.4 Å². The number of anilines is 2. The molecule has 0 bridgehead atoms. The van der Waals surface area contributed by atoms with E-state index in [1.165, 1.54) is 18.5 Å². The van der Waals surface area contributed by atoms with Crippen LogP contribution in [0.25, 0.3) is 11.5 Å². The van der Waals surface area contributed by atoms with Gasteiger partial charge in [0.1, 0.15) is 5.75 Å². The van der Waals surface area contributed by atoms with Gasteiger partial charge in [-0.05, 0) is 55.3 Å². The van der Waals surface area contributed by atoms with Crippen LogP contribution in [0.4, 0.5) is 11.4 Å². The first-order valence-corrected chi connectivity index (χ1v) is 8.87. The number of benzene rings is 2. The number of carbonyl (C=O) groups is 1. The summed E-state index contributed by atoms with van der Waals surface area (Å²) in [4.78, 5) is 14.7. The van der Waals surface area contributed by atoms with Gasteiger partial charge in [-0.1, -0.05) is 6.07 Å². The van der Waals surface area contributed by atoms with Crippen molar-refractivity contribution in [2.75, 3.05) is 30.4 Å². The standard InChI is InChI=1S/C20H20N4O3/c1-26-17-6-4-5-14(13-17)19-22-23-20(27-19)18(25)21-15-7-9-16(10-8-15)24-11-2-3-12-24/h4-10,13H,2-3,11-12H2,1H3,(H,21,25). The molecule has 1 aromatic heterocycles. The Morgan fingerprint density at radius 2 is 1.89 bits per heavy atom. The van der Waals surface area contributed by atoms with E-state index in [2.05, 4.69) is 20.4 Å². The van der Waals surface area contributed by atoms with Gasteiger partial charge in [-0.25, -0.2) is 0 Å². The van der Waals surface area contributed by atoms with Crippen molar-refractivity contribution >= 4 is 17.3 Å². The number of carbonyl (C=O) groups excluding carboxylic acids is 1. The van der Waals surface area contributed by atoms with Crippen molar-refractivity contribution in [1.82, 2.24) is 10.2 Å². The minimum absolute atomic E-state index is 0.0866. The van der Waals surface area contributed by atoms with E-state index in [-0.39, 0.29) is 11.8 Å². The molecular formula is C20H20N4O3. The number of nitrogens with one attached hydrogen (secondary N) is 1. The predicted molar refractivity (Wildman–Crippen MR) is 102 cm³/mol. The second-order valence-corrected chi connectivity index (χ2v) is 6.34. The van der Waals surface area contributed by atoms with Gasteiger partial charge < -0.3 is 19.4 Å². The molecule has 1 fully saturated rings. The zero-order valence-corrected chi connectivity index (χ0v) is 15.0. The van der Waals surface area contributed by atoms with Gasteiger partial charge >= 0.3 is 11.8 Å². The lowest BCUT2D eigenvalue weighted by molar-refractivity contribution is 0.0991. The second-order valence-electron chi connectivity index (χ2n) is 6.34. The maximum atomic E-state index is 12.4. The van der Waals surface area contributed by atoms with Crippen molar-refractivity contribution in [2.24, 2.45) is 0 Å². The van der Waals surface area contributed by atoms with Crippen LogP contribution in [-0.4, -0.2) is 36.3 Å². The molecule has 138 valence electrons. The number of hydrogen-bond acceptors (Lipinski definition) is 6. The number of rotatable bonds is 5. The molecule has 0 radical (unpaired) electrons. The number of ether oxygens (including phenoxy) is 1. The fourth-order valence-electron chi connectivity index (χ4n) is 3.10. The Labute approximate surface area is 157 Å². The van der Waals surface area contributed by atoms with Crippen LogP contribution in [0.5, 0.6) is 5.75 Å². The zero-order valence-electron chi connectivity index (χ0n) is 15.0. The minimum atomic E-state index is -0.439. The molecule has 0 spiro atoms. The van der Waals surface area contributed by atoms with Crippen LogP contribution in [0.15, 0.2) is 52.9 Å². The van der Waals surface area contributed by atoms with Crippen molar-refractivity contribution in [1.29, 1.82) is 0 Å². The number of hydrogen-bond donors (Lipinski definition) is 1. The lowest BCUT2D eigenvalue weighted by Crippen LogP contribution is -2.17. The highest BCUT2D eigenvalue weighted by molar-refractivity contribution is 6.01. The number of aromatic nitrogens is 2. The average molecular weight is 364 g/mol. The molecule has 1 amide bonds. The van der Waals surface area contributed by atoms with E-state index < -0.39 is 5.91 Å². The van der Waals surface area contributed by atoms with E-state index >= 15 is 0 Å². The predicted octanol–water partition coefficient (Wildman–Crippen LogP) is 3.60. The van der Waals surface area contributed by atoms with Gasteiger partial charge in [0, 0.05) is 30.0 Å². The molecule has 4 rings (SSSR count). The van der Waals surface area contributed by atoms with Gasteiger partial charge in [0.15, 0.2) is 0 Å². The quantitative estimate of drug-likeness (QED) is 0.745. The number of nitrogens with zero attached hydrogens (tertiary/aromatic N) is 3. The van der Waals surface area contributed by atoms with Crippen LogP contribution in [-0.2, 0) is 0 Å². The monoisotopic (exact) mass is 364 g/mol. The summed E-state index contributed by atoms with van der Waals surface area (Å²) in [7, 11) is 1.58. The Morgan fingerprint density at radius 3 is 2.63 bits per heavy atom. The lowest BCUT2D eigenvalue weighted by Gasteiger charge is -2.17. The summed E-state index contributed by atoms with van der Waals surface area (Å²) < 4.78 is 10.7. The van der Waals surface area contributed by atoms with Crippen molar-refractivity contribution < 1.29 is 13.9 Å². The molecule has 0 aliphatic carbocycles. The maximum Gasteiger partial charge on any atom is 0.313 e. The summed E-state index contributed by atoms with van der Waals surface area (Å²) in [5.41, 5.74) is 2.54. The van der Waals surface area contributed by atoms with E-state index in [1.807, 2.05) is 42.5 Å². The van der Waals surface area contributed by atoms with Gasteiger partial charge in [0.25, 0.3) is 0 Å². The molecule has 1 N–H and O–H groups in total. The third-order valence-corrected chi connectivity index (χ3v) is 4.53. The summed E-state index contributed by atoms with van der Waals surface area (Å²) in [6.07, 6.45) is 2.45. The average Bonchev–Trinajstić information content (AvgIpc) is 3.41. The first-order valence-electron chi connectivity index (χ1n) is 8.87. The van der Waals surface area contributed by atoms with E-state index in [9.17, 15) is 4.79 Å². The molecule has 1 saturated heterocycles. The number of methoxy groups -OCH3 is 1. The van der Waals surface area contributed by atoms with Gasteiger partial charge in [-0.15, -0.1) is 10.2 Å². The fraction of sp³-hybridized carbons (Fsp3) is 0.250. The Kier molecular flexibility index (Phi) is 4.74. The zero-order chi connectivity index (χ0) is 18.6. The van der Waals surface area contributed by atoms with Gasteiger partial charge in [0.2, 0.25) is 5.89 Å². The van der Waals surface area contributed by atoms with E-state index in [4.69, 9.17) is 9.15 Å². The highest BCUT2D eigenvalue weighted by atomic mass is 16.5. The fourth-order valence-corrected chi connectivity index (χ4v) is 3.10. The van der Waals surface area contributed by atoms with Crippen LogP contribution in [0, 0.1) is 0 Å². The molecule has 7 nitrogen and oxygen atoms in total.